The van der Waals surface area contributed by atoms with Crippen LogP contribution in [0.4, 0.5) is 5.69 Å². The van der Waals surface area contributed by atoms with E-state index in [9.17, 15) is 9.59 Å². The van der Waals surface area contributed by atoms with Crippen molar-refractivity contribution in [2.45, 2.75) is 32.1 Å². The van der Waals surface area contributed by atoms with Crippen LogP contribution in [-0.4, -0.2) is 36.3 Å². The van der Waals surface area contributed by atoms with Gasteiger partial charge in [-0.2, -0.15) is 0 Å². The minimum Gasteiger partial charge on any atom is -0.303 e. The van der Waals surface area contributed by atoms with Crippen molar-refractivity contribution in [1.82, 2.24) is 4.90 Å². The predicted molar refractivity (Wildman–Crippen MR) is 107 cm³/mol. The lowest BCUT2D eigenvalue weighted by atomic mass is 9.90. The first-order valence-corrected chi connectivity index (χ1v) is 9.90. The number of fused-ring (bicyclic) bond motifs is 1. The second kappa shape index (κ2) is 8.05. The molecule has 0 unspecified atom stereocenters. The highest BCUT2D eigenvalue weighted by molar-refractivity contribution is 6.19. The van der Waals surface area contributed by atoms with E-state index in [2.05, 4.69) is 35.2 Å². The van der Waals surface area contributed by atoms with Crippen molar-refractivity contribution in [3.05, 3.63) is 65.7 Å². The standard InChI is InChI=1S/C23H26N2O2/c26-22(25-21-9-5-4-8-20(21)17-23(25)27)12-15-24-13-10-19(11-14-24)16-18-6-2-1-3-7-18/h1-9,19H,10-17H2. The molecule has 2 aliphatic rings. The van der Waals surface area contributed by atoms with Crippen LogP contribution in [0.1, 0.15) is 30.4 Å². The van der Waals surface area contributed by atoms with E-state index in [4.69, 9.17) is 0 Å². The number of carbonyl (C=O) groups is 2. The molecule has 1 fully saturated rings. The highest BCUT2D eigenvalue weighted by Gasteiger charge is 2.32. The fourth-order valence-corrected chi connectivity index (χ4v) is 4.26. The molecule has 1 saturated heterocycles. The van der Waals surface area contributed by atoms with E-state index in [1.54, 1.807) is 0 Å². The number of hydrogen-bond donors (Lipinski definition) is 0. The Hall–Kier alpha value is -2.46. The molecular formula is C23H26N2O2. The summed E-state index contributed by atoms with van der Waals surface area (Å²) >= 11 is 0. The molecule has 0 aromatic heterocycles. The Balaban J connectivity index is 1.26. The fraction of sp³-hybridized carbons (Fsp3) is 0.391. The lowest BCUT2D eigenvalue weighted by molar-refractivity contribution is -0.125. The van der Waals surface area contributed by atoms with Gasteiger partial charge in [-0.05, 0) is 55.5 Å². The van der Waals surface area contributed by atoms with Crippen LogP contribution in [0, 0.1) is 5.92 Å². The molecule has 0 atom stereocenters. The molecule has 0 N–H and O–H groups in total. The third kappa shape index (κ3) is 4.11. The van der Waals surface area contributed by atoms with Crippen molar-refractivity contribution in [2.24, 2.45) is 5.92 Å². The molecule has 2 heterocycles. The number of benzene rings is 2. The zero-order chi connectivity index (χ0) is 18.6. The van der Waals surface area contributed by atoms with Gasteiger partial charge in [-0.1, -0.05) is 48.5 Å². The van der Waals surface area contributed by atoms with Crippen LogP contribution in [0.15, 0.2) is 54.6 Å². The molecule has 2 aliphatic heterocycles. The molecule has 4 rings (SSSR count). The maximum absolute atomic E-state index is 12.6. The molecule has 0 saturated carbocycles. The van der Waals surface area contributed by atoms with Crippen molar-refractivity contribution in [1.29, 1.82) is 0 Å². The van der Waals surface area contributed by atoms with Crippen molar-refractivity contribution in [3.8, 4) is 0 Å². The van der Waals surface area contributed by atoms with Gasteiger partial charge in [0, 0.05) is 13.0 Å². The number of imide groups is 1. The molecule has 2 aromatic rings. The van der Waals surface area contributed by atoms with Crippen LogP contribution >= 0.6 is 0 Å². The Bertz CT molecular complexity index is 810. The van der Waals surface area contributed by atoms with E-state index in [1.165, 1.54) is 23.3 Å². The lowest BCUT2D eigenvalue weighted by Gasteiger charge is -2.32. The Morgan fingerprint density at radius 2 is 1.67 bits per heavy atom. The van der Waals surface area contributed by atoms with Crippen molar-refractivity contribution in [3.63, 3.8) is 0 Å². The third-order valence-electron chi connectivity index (χ3n) is 5.79. The summed E-state index contributed by atoms with van der Waals surface area (Å²) in [5.74, 6) is 0.561. The Morgan fingerprint density at radius 1 is 0.963 bits per heavy atom. The Labute approximate surface area is 160 Å². The smallest absolute Gasteiger partial charge is 0.238 e. The van der Waals surface area contributed by atoms with Crippen molar-refractivity contribution < 1.29 is 9.59 Å². The highest BCUT2D eigenvalue weighted by atomic mass is 16.2. The third-order valence-corrected chi connectivity index (χ3v) is 5.79. The van der Waals surface area contributed by atoms with Gasteiger partial charge in [0.15, 0.2) is 0 Å². The summed E-state index contributed by atoms with van der Waals surface area (Å²) in [5.41, 5.74) is 3.14. The summed E-state index contributed by atoms with van der Waals surface area (Å²) in [6.45, 7) is 2.81. The van der Waals surface area contributed by atoms with E-state index in [1.807, 2.05) is 24.3 Å². The summed E-state index contributed by atoms with van der Waals surface area (Å²) in [6.07, 6.45) is 4.24. The first-order chi connectivity index (χ1) is 13.2. The zero-order valence-corrected chi connectivity index (χ0v) is 15.6. The molecule has 4 heteroatoms. The largest absolute Gasteiger partial charge is 0.303 e. The molecular weight excluding hydrogens is 336 g/mol. The second-order valence-electron chi connectivity index (χ2n) is 7.65. The van der Waals surface area contributed by atoms with Gasteiger partial charge in [0.25, 0.3) is 0 Å². The molecule has 2 aromatic carbocycles. The zero-order valence-electron chi connectivity index (χ0n) is 15.6. The lowest BCUT2D eigenvalue weighted by Crippen LogP contribution is -2.39. The van der Waals surface area contributed by atoms with E-state index < -0.39 is 0 Å². The average molecular weight is 362 g/mol. The molecule has 0 radical (unpaired) electrons. The first kappa shape index (κ1) is 17.9. The molecule has 140 valence electrons. The minimum atomic E-state index is -0.0947. The number of nitrogens with zero attached hydrogens (tertiary/aromatic N) is 2. The molecule has 27 heavy (non-hydrogen) atoms. The maximum atomic E-state index is 12.6. The quantitative estimate of drug-likeness (QED) is 0.818. The number of hydrogen-bond acceptors (Lipinski definition) is 3. The summed E-state index contributed by atoms with van der Waals surface area (Å²) in [5, 5.41) is 0. The Kier molecular flexibility index (Phi) is 5.35. The van der Waals surface area contributed by atoms with Gasteiger partial charge >= 0.3 is 0 Å². The van der Waals surface area contributed by atoms with Crippen LogP contribution in [-0.2, 0) is 22.4 Å². The SMILES string of the molecule is O=C(CCN1CCC(Cc2ccccc2)CC1)N1C(=O)Cc2ccccc21. The molecule has 0 bridgehead atoms. The number of likely N-dealkylation sites (tertiary alicyclic amines) is 1. The molecule has 0 aliphatic carbocycles. The number of rotatable bonds is 5. The Morgan fingerprint density at radius 3 is 2.44 bits per heavy atom. The van der Waals surface area contributed by atoms with Gasteiger partial charge in [0.1, 0.15) is 0 Å². The minimum absolute atomic E-state index is 0.0728. The molecule has 4 nitrogen and oxygen atoms in total. The summed E-state index contributed by atoms with van der Waals surface area (Å²) in [6, 6.07) is 18.3. The number of carbonyl (C=O) groups excluding carboxylic acids is 2. The summed E-state index contributed by atoms with van der Waals surface area (Å²) in [7, 11) is 0. The highest BCUT2D eigenvalue weighted by Crippen LogP contribution is 2.29. The first-order valence-electron chi connectivity index (χ1n) is 9.90. The molecule has 2 amide bonds. The second-order valence-corrected chi connectivity index (χ2v) is 7.65. The normalized spacial score (nSPS) is 17.9. The fourth-order valence-electron chi connectivity index (χ4n) is 4.26. The van der Waals surface area contributed by atoms with Gasteiger partial charge in [0.2, 0.25) is 11.8 Å². The van der Waals surface area contributed by atoms with Gasteiger partial charge in [-0.25, -0.2) is 4.90 Å². The topological polar surface area (TPSA) is 40.6 Å². The van der Waals surface area contributed by atoms with Gasteiger partial charge in [0.05, 0.1) is 12.1 Å². The summed E-state index contributed by atoms with van der Waals surface area (Å²) in [4.78, 5) is 28.6. The summed E-state index contributed by atoms with van der Waals surface area (Å²) < 4.78 is 0. The monoisotopic (exact) mass is 362 g/mol. The van der Waals surface area contributed by atoms with Crippen LogP contribution in [0.5, 0.6) is 0 Å². The van der Waals surface area contributed by atoms with Crippen LogP contribution < -0.4 is 4.90 Å². The number of anilines is 1. The van der Waals surface area contributed by atoms with Gasteiger partial charge in [-0.3, -0.25) is 9.59 Å². The van der Waals surface area contributed by atoms with E-state index in [0.717, 1.165) is 43.2 Å². The number of amides is 2. The average Bonchev–Trinajstić information content (AvgIpc) is 3.04. The van der Waals surface area contributed by atoms with Crippen LogP contribution in [0.3, 0.4) is 0 Å². The molecule has 0 spiro atoms. The predicted octanol–water partition coefficient (Wildman–Crippen LogP) is 3.45. The van der Waals surface area contributed by atoms with E-state index in [-0.39, 0.29) is 11.8 Å². The van der Waals surface area contributed by atoms with E-state index in [0.29, 0.717) is 12.8 Å². The van der Waals surface area contributed by atoms with Gasteiger partial charge in [-0.15, -0.1) is 0 Å². The number of piperidine rings is 1. The van der Waals surface area contributed by atoms with Crippen LogP contribution in [0.25, 0.3) is 0 Å². The van der Waals surface area contributed by atoms with E-state index >= 15 is 0 Å². The number of para-hydroxylation sites is 1. The van der Waals surface area contributed by atoms with Crippen LogP contribution in [0.2, 0.25) is 0 Å². The maximum Gasteiger partial charge on any atom is 0.238 e. The van der Waals surface area contributed by atoms with Crippen molar-refractivity contribution in [2.75, 3.05) is 24.5 Å². The van der Waals surface area contributed by atoms with Gasteiger partial charge < -0.3 is 4.90 Å². The van der Waals surface area contributed by atoms with Crippen molar-refractivity contribution >= 4 is 17.5 Å².